The maximum atomic E-state index is 13.2. The molecule has 5 heteroatoms. The summed E-state index contributed by atoms with van der Waals surface area (Å²) in [5, 5.41) is 0. The molecule has 4 rings (SSSR count). The molecule has 1 saturated carbocycles. The molecule has 0 N–H and O–H groups in total. The highest BCUT2D eigenvalue weighted by atomic mass is 16.5. The first kappa shape index (κ1) is 16.1. The third-order valence-corrected chi connectivity index (χ3v) is 5.20. The third-order valence-electron chi connectivity index (χ3n) is 5.20. The second-order valence-corrected chi connectivity index (χ2v) is 6.99. The fourth-order valence-corrected chi connectivity index (χ4v) is 3.83. The monoisotopic (exact) mass is 337 g/mol. The molecule has 0 bridgehead atoms. The van der Waals surface area contributed by atoms with Gasteiger partial charge >= 0.3 is 0 Å². The first-order valence-corrected chi connectivity index (χ1v) is 8.92. The average Bonchev–Trinajstić information content (AvgIpc) is 3.37. The fourth-order valence-electron chi connectivity index (χ4n) is 3.83. The summed E-state index contributed by atoms with van der Waals surface area (Å²) in [6, 6.07) is 7.87. The lowest BCUT2D eigenvalue weighted by Gasteiger charge is -2.17. The lowest BCUT2D eigenvalue weighted by atomic mass is 9.95. The summed E-state index contributed by atoms with van der Waals surface area (Å²) < 4.78 is 5.22. The minimum Gasteiger partial charge on any atom is -0.497 e. The Kier molecular flexibility index (Phi) is 3.74. The zero-order valence-electron chi connectivity index (χ0n) is 15.0. The molecule has 1 fully saturated rings. The predicted molar refractivity (Wildman–Crippen MR) is 95.9 cm³/mol. The first-order valence-electron chi connectivity index (χ1n) is 8.92. The quantitative estimate of drug-likeness (QED) is 0.840. The molecule has 2 heterocycles. The zero-order valence-corrected chi connectivity index (χ0v) is 15.0. The molecule has 1 aliphatic heterocycles. The number of aromatic nitrogens is 2. The predicted octanol–water partition coefficient (Wildman–Crippen LogP) is 3.32. The maximum Gasteiger partial charge on any atom is 0.239 e. The summed E-state index contributed by atoms with van der Waals surface area (Å²) >= 11 is 0. The summed E-state index contributed by atoms with van der Waals surface area (Å²) in [4.78, 5) is 24.4. The zero-order chi connectivity index (χ0) is 17.6. The van der Waals surface area contributed by atoms with E-state index >= 15 is 0 Å². The van der Waals surface area contributed by atoms with Crippen LogP contribution in [0.25, 0.3) is 0 Å². The molecule has 0 atom stereocenters. The van der Waals surface area contributed by atoms with Crippen molar-refractivity contribution >= 4 is 11.7 Å². The Bertz CT molecular complexity index is 826. The maximum absolute atomic E-state index is 13.2. The Morgan fingerprint density at radius 3 is 2.52 bits per heavy atom. The number of nitrogens with zero attached hydrogens (tertiary/aromatic N) is 3. The van der Waals surface area contributed by atoms with Crippen molar-refractivity contribution < 1.29 is 9.53 Å². The fraction of sp³-hybridized carbons (Fsp3) is 0.450. The molecule has 1 spiro atoms. The van der Waals surface area contributed by atoms with Gasteiger partial charge in [-0.05, 0) is 43.9 Å². The molecule has 25 heavy (non-hydrogen) atoms. The Hall–Kier alpha value is -2.43. The van der Waals surface area contributed by atoms with Crippen LogP contribution in [0.2, 0.25) is 0 Å². The first-order chi connectivity index (χ1) is 12.1. The van der Waals surface area contributed by atoms with E-state index in [9.17, 15) is 4.79 Å². The van der Waals surface area contributed by atoms with Gasteiger partial charge in [-0.25, -0.2) is 9.97 Å². The molecular weight excluding hydrogens is 314 g/mol. The number of methoxy groups -OCH3 is 1. The van der Waals surface area contributed by atoms with E-state index in [2.05, 4.69) is 16.9 Å². The number of hydrogen-bond donors (Lipinski definition) is 0. The number of rotatable bonds is 5. The molecule has 2 aromatic rings. The number of carbonyl (C=O) groups is 1. The number of benzene rings is 1. The molecule has 130 valence electrons. The van der Waals surface area contributed by atoms with Crippen molar-refractivity contribution in [2.75, 3.05) is 12.0 Å². The van der Waals surface area contributed by atoms with Crippen LogP contribution in [0.4, 0.5) is 5.82 Å². The highest BCUT2D eigenvalue weighted by molar-refractivity contribution is 6.09. The van der Waals surface area contributed by atoms with Gasteiger partial charge in [-0.15, -0.1) is 0 Å². The second kappa shape index (κ2) is 5.83. The lowest BCUT2D eigenvalue weighted by molar-refractivity contribution is -0.120. The van der Waals surface area contributed by atoms with Gasteiger partial charge in [0.2, 0.25) is 5.91 Å². The SMILES string of the molecule is CCCc1nc(C)nc2c1C1(CC1)C(=O)N2Cc1ccc(OC)cc1. The van der Waals surface area contributed by atoms with Crippen LogP contribution in [0.3, 0.4) is 0 Å². The molecule has 0 saturated heterocycles. The molecule has 1 aromatic carbocycles. The van der Waals surface area contributed by atoms with Crippen molar-refractivity contribution in [2.24, 2.45) is 0 Å². The average molecular weight is 337 g/mol. The highest BCUT2D eigenvalue weighted by Crippen LogP contribution is 2.58. The normalized spacial score (nSPS) is 17.1. The van der Waals surface area contributed by atoms with Crippen LogP contribution in [-0.2, 0) is 23.2 Å². The molecule has 5 nitrogen and oxygen atoms in total. The van der Waals surface area contributed by atoms with Crippen molar-refractivity contribution in [3.8, 4) is 5.75 Å². The molecule has 0 unspecified atom stereocenters. The highest BCUT2D eigenvalue weighted by Gasteiger charge is 2.61. The van der Waals surface area contributed by atoms with Crippen molar-refractivity contribution in [1.29, 1.82) is 0 Å². The largest absolute Gasteiger partial charge is 0.497 e. The standard InChI is InChI=1S/C20H23N3O2/c1-4-5-16-17-18(22-13(2)21-16)23(19(24)20(17)10-11-20)12-14-6-8-15(25-3)9-7-14/h6-9H,4-5,10-12H2,1-3H3. The Morgan fingerprint density at radius 1 is 1.20 bits per heavy atom. The Morgan fingerprint density at radius 2 is 1.92 bits per heavy atom. The summed E-state index contributed by atoms with van der Waals surface area (Å²) in [7, 11) is 1.65. The van der Waals surface area contributed by atoms with E-state index in [1.54, 1.807) is 7.11 Å². The van der Waals surface area contributed by atoms with E-state index in [4.69, 9.17) is 4.74 Å². The summed E-state index contributed by atoms with van der Waals surface area (Å²) in [6.07, 6.45) is 3.75. The van der Waals surface area contributed by atoms with Crippen LogP contribution in [-0.4, -0.2) is 23.0 Å². The molecular formula is C20H23N3O2. The molecule has 1 aromatic heterocycles. The van der Waals surface area contributed by atoms with E-state index < -0.39 is 0 Å². The van der Waals surface area contributed by atoms with Crippen molar-refractivity contribution in [3.05, 3.63) is 46.9 Å². The molecule has 0 radical (unpaired) electrons. The van der Waals surface area contributed by atoms with Gasteiger partial charge in [-0.2, -0.15) is 0 Å². The number of ether oxygens (including phenoxy) is 1. The van der Waals surface area contributed by atoms with Crippen LogP contribution in [0.1, 0.15) is 48.8 Å². The van der Waals surface area contributed by atoms with Crippen LogP contribution in [0.15, 0.2) is 24.3 Å². The van der Waals surface area contributed by atoms with E-state index in [0.717, 1.165) is 59.9 Å². The number of hydrogen-bond acceptors (Lipinski definition) is 4. The number of fused-ring (bicyclic) bond motifs is 2. The molecule has 2 aliphatic rings. The van der Waals surface area contributed by atoms with Crippen molar-refractivity contribution in [1.82, 2.24) is 9.97 Å². The van der Waals surface area contributed by atoms with Crippen LogP contribution in [0, 0.1) is 6.92 Å². The van der Waals surface area contributed by atoms with Gasteiger partial charge in [0.05, 0.1) is 24.8 Å². The van der Waals surface area contributed by atoms with Gasteiger partial charge in [0.25, 0.3) is 0 Å². The number of carbonyl (C=O) groups excluding carboxylic acids is 1. The van der Waals surface area contributed by atoms with Gasteiger partial charge in [-0.3, -0.25) is 9.69 Å². The summed E-state index contributed by atoms with van der Waals surface area (Å²) in [6.45, 7) is 4.60. The third kappa shape index (κ3) is 2.49. The Balaban J connectivity index is 1.74. The minimum atomic E-state index is -0.347. The van der Waals surface area contributed by atoms with Gasteiger partial charge in [-0.1, -0.05) is 25.5 Å². The van der Waals surface area contributed by atoms with Crippen LogP contribution < -0.4 is 9.64 Å². The van der Waals surface area contributed by atoms with E-state index in [1.807, 2.05) is 36.1 Å². The summed E-state index contributed by atoms with van der Waals surface area (Å²) in [5.41, 5.74) is 2.89. The second-order valence-electron chi connectivity index (χ2n) is 6.99. The van der Waals surface area contributed by atoms with Crippen molar-refractivity contribution in [2.45, 2.75) is 51.5 Å². The summed E-state index contributed by atoms with van der Waals surface area (Å²) in [5.74, 6) is 2.58. The number of aryl methyl sites for hydroxylation is 2. The van der Waals surface area contributed by atoms with Gasteiger partial charge in [0.15, 0.2) is 0 Å². The van der Waals surface area contributed by atoms with Gasteiger partial charge in [0, 0.05) is 5.56 Å². The smallest absolute Gasteiger partial charge is 0.239 e. The molecule has 1 aliphatic carbocycles. The number of anilines is 1. The van der Waals surface area contributed by atoms with E-state index in [0.29, 0.717) is 6.54 Å². The van der Waals surface area contributed by atoms with Gasteiger partial charge < -0.3 is 4.74 Å². The van der Waals surface area contributed by atoms with E-state index in [1.165, 1.54) is 0 Å². The lowest BCUT2D eigenvalue weighted by Crippen LogP contribution is -2.31. The van der Waals surface area contributed by atoms with E-state index in [-0.39, 0.29) is 11.3 Å². The van der Waals surface area contributed by atoms with Crippen LogP contribution in [0.5, 0.6) is 5.75 Å². The minimum absolute atomic E-state index is 0.190. The number of amides is 1. The van der Waals surface area contributed by atoms with Crippen LogP contribution >= 0.6 is 0 Å². The molecule has 1 amide bonds. The topological polar surface area (TPSA) is 55.3 Å². The Labute approximate surface area is 148 Å². The van der Waals surface area contributed by atoms with Gasteiger partial charge in [0.1, 0.15) is 17.4 Å². The van der Waals surface area contributed by atoms with Crippen molar-refractivity contribution in [3.63, 3.8) is 0 Å².